The highest BCUT2D eigenvalue weighted by molar-refractivity contribution is 6.02. The minimum atomic E-state index is -0.634. The van der Waals surface area contributed by atoms with E-state index in [-0.39, 0.29) is 6.03 Å². The normalized spacial score (nSPS) is 18.4. The van der Waals surface area contributed by atoms with Gasteiger partial charge in [0.25, 0.3) is 0 Å². The molecule has 2 heterocycles. The molecule has 0 unspecified atom stereocenters. The van der Waals surface area contributed by atoms with E-state index in [0.717, 1.165) is 0 Å². The van der Waals surface area contributed by atoms with E-state index in [1.165, 1.54) is 0 Å². The zero-order valence-electron chi connectivity index (χ0n) is 12.4. The van der Waals surface area contributed by atoms with Crippen molar-refractivity contribution < 1.29 is 14.3 Å². The monoisotopic (exact) mass is 282 g/mol. The van der Waals surface area contributed by atoms with E-state index < -0.39 is 6.29 Å². The Morgan fingerprint density at radius 3 is 2.55 bits per heavy atom. The Labute approximate surface area is 119 Å². The molecule has 2 aliphatic heterocycles. The van der Waals surface area contributed by atoms with Crippen LogP contribution in [0.1, 0.15) is 27.7 Å². The lowest BCUT2D eigenvalue weighted by atomic mass is 10.4. The highest BCUT2D eigenvalue weighted by Crippen LogP contribution is 2.22. The first-order valence-electron chi connectivity index (χ1n) is 6.94. The summed E-state index contributed by atoms with van der Waals surface area (Å²) in [5.41, 5.74) is 0. The van der Waals surface area contributed by atoms with Crippen molar-refractivity contribution in [3.63, 3.8) is 0 Å². The average molecular weight is 282 g/mol. The maximum Gasteiger partial charge on any atom is 0.330 e. The molecular formula is C13H22N4O3. The van der Waals surface area contributed by atoms with Gasteiger partial charge in [-0.05, 0) is 27.7 Å². The van der Waals surface area contributed by atoms with Crippen molar-refractivity contribution >= 4 is 11.9 Å². The van der Waals surface area contributed by atoms with Crippen molar-refractivity contribution in [2.75, 3.05) is 19.9 Å². The van der Waals surface area contributed by atoms with E-state index in [2.05, 4.69) is 29.1 Å². The molecule has 20 heavy (non-hydrogen) atoms. The molecule has 7 nitrogen and oxygen atoms in total. The number of nitrogens with one attached hydrogen (secondary N) is 1. The molecule has 0 saturated heterocycles. The maximum absolute atomic E-state index is 12.1. The largest absolute Gasteiger partial charge is 0.354 e. The molecule has 0 aromatic heterocycles. The van der Waals surface area contributed by atoms with Crippen molar-refractivity contribution in [1.29, 1.82) is 0 Å². The van der Waals surface area contributed by atoms with Gasteiger partial charge >= 0.3 is 6.03 Å². The smallest absolute Gasteiger partial charge is 0.330 e. The Morgan fingerprint density at radius 1 is 1.35 bits per heavy atom. The fourth-order valence-corrected chi connectivity index (χ4v) is 2.01. The number of fused-ring (bicyclic) bond motifs is 1. The van der Waals surface area contributed by atoms with Gasteiger partial charge in [-0.1, -0.05) is 0 Å². The quantitative estimate of drug-likeness (QED) is 0.745. The van der Waals surface area contributed by atoms with Gasteiger partial charge in [-0.25, -0.2) is 9.79 Å². The van der Waals surface area contributed by atoms with Crippen LogP contribution in [0.25, 0.3) is 0 Å². The van der Waals surface area contributed by atoms with E-state index in [4.69, 9.17) is 9.47 Å². The van der Waals surface area contributed by atoms with Crippen LogP contribution in [0.15, 0.2) is 17.0 Å². The summed E-state index contributed by atoms with van der Waals surface area (Å²) in [6, 6.07) is 0.114. The second kappa shape index (κ2) is 6.23. The lowest BCUT2D eigenvalue weighted by molar-refractivity contribution is -0.0918. The summed E-state index contributed by atoms with van der Waals surface area (Å²) in [5, 5.41) is 2.74. The van der Waals surface area contributed by atoms with Gasteiger partial charge < -0.3 is 14.4 Å². The molecule has 0 bridgehead atoms. The number of aliphatic imine (C=N–C) groups is 1. The van der Waals surface area contributed by atoms with Gasteiger partial charge in [0.2, 0.25) is 6.29 Å². The average Bonchev–Trinajstić information content (AvgIpc) is 2.83. The van der Waals surface area contributed by atoms with Gasteiger partial charge in [0, 0.05) is 25.5 Å². The van der Waals surface area contributed by atoms with Crippen molar-refractivity contribution in [1.82, 2.24) is 15.1 Å². The van der Waals surface area contributed by atoms with Gasteiger partial charge in [-0.3, -0.25) is 10.2 Å². The van der Waals surface area contributed by atoms with Crippen molar-refractivity contribution in [3.05, 3.63) is 12.0 Å². The van der Waals surface area contributed by atoms with Crippen LogP contribution < -0.4 is 5.32 Å². The number of amidine groups is 1. The molecule has 0 fully saturated rings. The highest BCUT2D eigenvalue weighted by atomic mass is 16.7. The SMILES string of the molecule is CCOC(OCC)C1=NC2=CN(C(C)C)CN2C(=O)N1. The van der Waals surface area contributed by atoms with Crippen LogP contribution >= 0.6 is 0 Å². The van der Waals surface area contributed by atoms with Gasteiger partial charge in [0.15, 0.2) is 11.7 Å². The number of rotatable bonds is 6. The summed E-state index contributed by atoms with van der Waals surface area (Å²) in [5.74, 6) is 1.04. The van der Waals surface area contributed by atoms with Gasteiger partial charge in [-0.15, -0.1) is 0 Å². The second-order valence-corrected chi connectivity index (χ2v) is 4.83. The lowest BCUT2D eigenvalue weighted by Crippen LogP contribution is -2.51. The van der Waals surface area contributed by atoms with Gasteiger partial charge in [0.05, 0.1) is 0 Å². The predicted octanol–water partition coefficient (Wildman–Crippen LogP) is 1.29. The molecule has 1 N–H and O–H groups in total. The number of urea groups is 1. The highest BCUT2D eigenvalue weighted by Gasteiger charge is 2.34. The number of nitrogens with zero attached hydrogens (tertiary/aromatic N) is 3. The minimum Gasteiger partial charge on any atom is -0.354 e. The number of carbonyl (C=O) groups is 1. The first-order chi connectivity index (χ1) is 9.56. The van der Waals surface area contributed by atoms with E-state index in [1.54, 1.807) is 4.90 Å². The zero-order valence-corrected chi connectivity index (χ0v) is 12.4. The summed E-state index contributed by atoms with van der Waals surface area (Å²) in [6.07, 6.45) is 1.25. The summed E-state index contributed by atoms with van der Waals surface area (Å²) in [6.45, 7) is 9.38. The lowest BCUT2D eigenvalue weighted by Gasteiger charge is -2.28. The first-order valence-corrected chi connectivity index (χ1v) is 6.94. The number of carbonyl (C=O) groups excluding carboxylic acids is 1. The Morgan fingerprint density at radius 2 is 2.00 bits per heavy atom. The van der Waals surface area contributed by atoms with Gasteiger partial charge in [-0.2, -0.15) is 0 Å². The van der Waals surface area contributed by atoms with Crippen LogP contribution in [0.4, 0.5) is 4.79 Å². The third kappa shape index (κ3) is 2.94. The van der Waals surface area contributed by atoms with Gasteiger partial charge in [0.1, 0.15) is 6.67 Å². The standard InChI is InChI=1S/C13H22N4O3/c1-5-19-12(20-6-2)11-14-10-7-16(9(3)4)8-17(10)13(18)15-11/h7,9,12H,5-6,8H2,1-4H3,(H,14,15,18). The topological polar surface area (TPSA) is 66.4 Å². The molecule has 0 radical (unpaired) electrons. The van der Waals surface area contributed by atoms with Crippen LogP contribution in [-0.2, 0) is 9.47 Å². The molecular weight excluding hydrogens is 260 g/mol. The Balaban J connectivity index is 2.21. The number of hydrogen-bond donors (Lipinski definition) is 1. The molecule has 7 heteroatoms. The fourth-order valence-electron chi connectivity index (χ4n) is 2.01. The predicted molar refractivity (Wildman–Crippen MR) is 74.8 cm³/mol. The first kappa shape index (κ1) is 14.8. The van der Waals surface area contributed by atoms with Crippen LogP contribution in [-0.4, -0.2) is 53.9 Å². The summed E-state index contributed by atoms with van der Waals surface area (Å²) >= 11 is 0. The number of ether oxygens (including phenoxy) is 2. The fraction of sp³-hybridized carbons (Fsp3) is 0.692. The molecule has 0 aliphatic carbocycles. The molecule has 2 rings (SSSR count). The summed E-state index contributed by atoms with van der Waals surface area (Å²) < 4.78 is 10.9. The molecule has 0 spiro atoms. The molecule has 0 aromatic rings. The van der Waals surface area contributed by atoms with E-state index >= 15 is 0 Å². The van der Waals surface area contributed by atoms with Crippen LogP contribution in [0.3, 0.4) is 0 Å². The van der Waals surface area contributed by atoms with E-state index in [1.807, 2.05) is 20.0 Å². The van der Waals surface area contributed by atoms with Crippen LogP contribution in [0.5, 0.6) is 0 Å². The molecule has 2 amide bonds. The van der Waals surface area contributed by atoms with Crippen molar-refractivity contribution in [3.8, 4) is 0 Å². The third-order valence-corrected chi connectivity index (χ3v) is 3.10. The molecule has 0 aromatic carbocycles. The Kier molecular flexibility index (Phi) is 4.61. The van der Waals surface area contributed by atoms with E-state index in [0.29, 0.717) is 37.6 Å². The minimum absolute atomic E-state index is 0.200. The third-order valence-electron chi connectivity index (χ3n) is 3.10. The summed E-state index contributed by atoms with van der Waals surface area (Å²) in [4.78, 5) is 20.2. The summed E-state index contributed by atoms with van der Waals surface area (Å²) in [7, 11) is 0. The molecule has 0 saturated carbocycles. The Hall–Kier alpha value is -1.60. The van der Waals surface area contributed by atoms with Crippen molar-refractivity contribution in [2.45, 2.75) is 40.0 Å². The second-order valence-electron chi connectivity index (χ2n) is 4.83. The zero-order chi connectivity index (χ0) is 14.7. The molecule has 2 aliphatic rings. The molecule has 0 atom stereocenters. The Bertz CT molecular complexity index is 427. The van der Waals surface area contributed by atoms with E-state index in [9.17, 15) is 4.79 Å². The maximum atomic E-state index is 12.1. The molecule has 112 valence electrons. The van der Waals surface area contributed by atoms with Crippen molar-refractivity contribution in [2.24, 2.45) is 4.99 Å². The number of amides is 2. The number of hydrogen-bond acceptors (Lipinski definition) is 5. The van der Waals surface area contributed by atoms with Crippen LogP contribution in [0.2, 0.25) is 0 Å². The van der Waals surface area contributed by atoms with Crippen LogP contribution in [0, 0.1) is 0 Å².